The van der Waals surface area contributed by atoms with E-state index in [2.05, 4.69) is 5.32 Å². The molecular weight excluding hydrogens is 221 g/mol. The molecule has 17 heavy (non-hydrogen) atoms. The molecule has 0 aliphatic heterocycles. The van der Waals surface area contributed by atoms with Crippen LogP contribution in [0.15, 0.2) is 24.3 Å². The van der Waals surface area contributed by atoms with Crippen molar-refractivity contribution >= 4 is 5.91 Å². The van der Waals surface area contributed by atoms with E-state index in [0.717, 1.165) is 0 Å². The maximum atomic E-state index is 12.6. The topological polar surface area (TPSA) is 38.3 Å². The van der Waals surface area contributed by atoms with Crippen LogP contribution in [0.4, 0.5) is 4.39 Å². The summed E-state index contributed by atoms with van der Waals surface area (Å²) in [6.07, 6.45) is 0. The Morgan fingerprint density at radius 3 is 2.41 bits per heavy atom. The lowest BCUT2D eigenvalue weighted by Gasteiger charge is -2.17. The summed E-state index contributed by atoms with van der Waals surface area (Å²) in [5, 5.41) is 2.82. The molecule has 1 aromatic rings. The van der Waals surface area contributed by atoms with Gasteiger partial charge in [-0.1, -0.05) is 13.8 Å². The highest BCUT2D eigenvalue weighted by Gasteiger charge is 2.10. The minimum Gasteiger partial charge on any atom is -0.484 e. The number of rotatable bonds is 5. The lowest BCUT2D eigenvalue weighted by Crippen LogP contribution is -2.38. The summed E-state index contributed by atoms with van der Waals surface area (Å²) < 4.78 is 17.8. The first-order valence-corrected chi connectivity index (χ1v) is 5.66. The summed E-state index contributed by atoms with van der Waals surface area (Å²) >= 11 is 0. The predicted octanol–water partition coefficient (Wildman–Crippen LogP) is 2.37. The van der Waals surface area contributed by atoms with Gasteiger partial charge in [-0.2, -0.15) is 0 Å². The van der Waals surface area contributed by atoms with Crippen LogP contribution in [-0.4, -0.2) is 18.6 Å². The van der Waals surface area contributed by atoms with E-state index in [0.29, 0.717) is 11.7 Å². The standard InChI is InChI=1S/C13H18FNO2/c1-9(2)10(3)15-13(16)8-17-12-6-4-11(14)5-7-12/h4-7,9-10H,8H2,1-3H3,(H,15,16). The molecule has 0 aromatic heterocycles. The number of hydrogen-bond donors (Lipinski definition) is 1. The van der Waals surface area contributed by atoms with Crippen molar-refractivity contribution in [2.24, 2.45) is 5.92 Å². The third-order valence-electron chi connectivity index (χ3n) is 2.57. The Kier molecular flexibility index (Phi) is 4.94. The second-order valence-electron chi connectivity index (χ2n) is 4.34. The van der Waals surface area contributed by atoms with Gasteiger partial charge in [-0.05, 0) is 37.1 Å². The van der Waals surface area contributed by atoms with Crippen molar-refractivity contribution in [3.63, 3.8) is 0 Å². The van der Waals surface area contributed by atoms with Crippen LogP contribution in [0, 0.1) is 11.7 Å². The minimum absolute atomic E-state index is 0.0529. The van der Waals surface area contributed by atoms with Gasteiger partial charge < -0.3 is 10.1 Å². The molecule has 0 aliphatic rings. The van der Waals surface area contributed by atoms with Gasteiger partial charge in [0.15, 0.2) is 6.61 Å². The normalized spacial score (nSPS) is 12.3. The average Bonchev–Trinajstić information content (AvgIpc) is 2.28. The van der Waals surface area contributed by atoms with Gasteiger partial charge in [0, 0.05) is 6.04 Å². The molecule has 0 fully saturated rings. The summed E-state index contributed by atoms with van der Waals surface area (Å²) in [7, 11) is 0. The molecule has 1 atom stereocenters. The van der Waals surface area contributed by atoms with E-state index in [4.69, 9.17) is 4.74 Å². The van der Waals surface area contributed by atoms with E-state index in [9.17, 15) is 9.18 Å². The van der Waals surface area contributed by atoms with E-state index in [1.807, 2.05) is 20.8 Å². The van der Waals surface area contributed by atoms with Crippen LogP contribution >= 0.6 is 0 Å². The quantitative estimate of drug-likeness (QED) is 0.856. The van der Waals surface area contributed by atoms with Gasteiger partial charge in [0.2, 0.25) is 0 Å². The Balaban J connectivity index is 2.35. The lowest BCUT2D eigenvalue weighted by molar-refractivity contribution is -0.124. The number of benzene rings is 1. The second-order valence-corrected chi connectivity index (χ2v) is 4.34. The number of amides is 1. The Morgan fingerprint density at radius 1 is 1.29 bits per heavy atom. The highest BCUT2D eigenvalue weighted by molar-refractivity contribution is 5.77. The largest absolute Gasteiger partial charge is 0.484 e. The molecule has 0 saturated carbocycles. The zero-order chi connectivity index (χ0) is 12.8. The van der Waals surface area contributed by atoms with E-state index in [1.54, 1.807) is 0 Å². The first kappa shape index (κ1) is 13.5. The number of nitrogens with one attached hydrogen (secondary N) is 1. The molecule has 1 rings (SSSR count). The zero-order valence-electron chi connectivity index (χ0n) is 10.4. The fraction of sp³-hybridized carbons (Fsp3) is 0.462. The molecule has 1 N–H and O–H groups in total. The smallest absolute Gasteiger partial charge is 0.258 e. The zero-order valence-corrected chi connectivity index (χ0v) is 10.4. The van der Waals surface area contributed by atoms with E-state index in [-0.39, 0.29) is 24.4 Å². The first-order valence-electron chi connectivity index (χ1n) is 5.66. The molecule has 4 heteroatoms. The maximum Gasteiger partial charge on any atom is 0.258 e. The third kappa shape index (κ3) is 4.85. The van der Waals surface area contributed by atoms with Crippen molar-refractivity contribution < 1.29 is 13.9 Å². The summed E-state index contributed by atoms with van der Waals surface area (Å²) in [5.41, 5.74) is 0. The van der Waals surface area contributed by atoms with E-state index < -0.39 is 0 Å². The summed E-state index contributed by atoms with van der Waals surface area (Å²) in [5.74, 6) is 0.370. The SMILES string of the molecule is CC(C)C(C)NC(=O)COc1ccc(F)cc1. The summed E-state index contributed by atoms with van der Waals surface area (Å²) in [4.78, 5) is 11.5. The molecule has 94 valence electrons. The molecule has 1 amide bonds. The van der Waals surface area contributed by atoms with Crippen molar-refractivity contribution in [1.82, 2.24) is 5.32 Å². The third-order valence-corrected chi connectivity index (χ3v) is 2.57. The van der Waals surface area contributed by atoms with Crippen molar-refractivity contribution in [2.75, 3.05) is 6.61 Å². The molecule has 0 heterocycles. The monoisotopic (exact) mass is 239 g/mol. The minimum atomic E-state index is -0.324. The molecule has 0 spiro atoms. The Hall–Kier alpha value is -1.58. The van der Waals surface area contributed by atoms with Crippen LogP contribution in [0.3, 0.4) is 0 Å². The van der Waals surface area contributed by atoms with Crippen molar-refractivity contribution in [3.05, 3.63) is 30.1 Å². The van der Waals surface area contributed by atoms with Crippen molar-refractivity contribution in [2.45, 2.75) is 26.8 Å². The molecule has 1 unspecified atom stereocenters. The Bertz CT molecular complexity index is 362. The Morgan fingerprint density at radius 2 is 1.88 bits per heavy atom. The van der Waals surface area contributed by atoms with Gasteiger partial charge in [-0.3, -0.25) is 4.79 Å². The van der Waals surface area contributed by atoms with Gasteiger partial charge in [-0.15, -0.1) is 0 Å². The van der Waals surface area contributed by atoms with Crippen LogP contribution in [-0.2, 0) is 4.79 Å². The highest BCUT2D eigenvalue weighted by atomic mass is 19.1. The fourth-order valence-corrected chi connectivity index (χ4v) is 1.14. The molecule has 0 bridgehead atoms. The molecule has 1 aromatic carbocycles. The lowest BCUT2D eigenvalue weighted by atomic mass is 10.1. The van der Waals surface area contributed by atoms with Crippen LogP contribution in [0.5, 0.6) is 5.75 Å². The van der Waals surface area contributed by atoms with Crippen LogP contribution in [0.25, 0.3) is 0 Å². The number of ether oxygens (including phenoxy) is 1. The molecule has 0 radical (unpaired) electrons. The highest BCUT2D eigenvalue weighted by Crippen LogP contribution is 2.10. The van der Waals surface area contributed by atoms with Crippen LogP contribution in [0.1, 0.15) is 20.8 Å². The van der Waals surface area contributed by atoms with Gasteiger partial charge in [0.25, 0.3) is 5.91 Å². The Labute approximate surface area is 101 Å². The van der Waals surface area contributed by atoms with Gasteiger partial charge in [0.05, 0.1) is 0 Å². The molecule has 0 saturated heterocycles. The van der Waals surface area contributed by atoms with Gasteiger partial charge in [-0.25, -0.2) is 4.39 Å². The van der Waals surface area contributed by atoms with E-state index in [1.165, 1.54) is 24.3 Å². The van der Waals surface area contributed by atoms with Crippen molar-refractivity contribution in [1.29, 1.82) is 0 Å². The van der Waals surface area contributed by atoms with Crippen molar-refractivity contribution in [3.8, 4) is 5.75 Å². The number of halogens is 1. The average molecular weight is 239 g/mol. The number of carbonyl (C=O) groups excluding carboxylic acids is 1. The first-order chi connectivity index (χ1) is 7.99. The van der Waals surface area contributed by atoms with Gasteiger partial charge in [0.1, 0.15) is 11.6 Å². The number of carbonyl (C=O) groups is 1. The van der Waals surface area contributed by atoms with Crippen LogP contribution in [0.2, 0.25) is 0 Å². The predicted molar refractivity (Wildman–Crippen MR) is 64.3 cm³/mol. The second kappa shape index (κ2) is 6.23. The molecule has 0 aliphatic carbocycles. The summed E-state index contributed by atoms with van der Waals surface area (Å²) in [6.45, 7) is 5.96. The molecular formula is C13H18FNO2. The number of hydrogen-bond acceptors (Lipinski definition) is 2. The molecule has 3 nitrogen and oxygen atoms in total. The fourth-order valence-electron chi connectivity index (χ4n) is 1.14. The van der Waals surface area contributed by atoms with Gasteiger partial charge >= 0.3 is 0 Å². The van der Waals surface area contributed by atoms with Crippen LogP contribution < -0.4 is 10.1 Å². The summed E-state index contributed by atoms with van der Waals surface area (Å²) in [6, 6.07) is 5.69. The van der Waals surface area contributed by atoms with E-state index >= 15 is 0 Å². The maximum absolute atomic E-state index is 12.6.